The van der Waals surface area contributed by atoms with Gasteiger partial charge in [-0.25, -0.2) is 0 Å². The van der Waals surface area contributed by atoms with E-state index in [-0.39, 0.29) is 0 Å². The lowest BCUT2D eigenvalue weighted by Crippen LogP contribution is -2.29. The highest BCUT2D eigenvalue weighted by molar-refractivity contribution is 5.34. The van der Waals surface area contributed by atoms with Crippen molar-refractivity contribution < 1.29 is 4.74 Å². The highest BCUT2D eigenvalue weighted by atomic mass is 16.5. The molecule has 2 nitrogen and oxygen atoms in total. The fourth-order valence-corrected chi connectivity index (χ4v) is 2.95. The average molecular weight is 257 g/mol. The van der Waals surface area contributed by atoms with Gasteiger partial charge in [0.2, 0.25) is 0 Å². The highest BCUT2D eigenvalue weighted by Crippen LogP contribution is 2.33. The van der Waals surface area contributed by atoms with E-state index >= 15 is 0 Å². The molecule has 0 bridgehead atoms. The standard InChI is InChI=1S/C17H23NO/c1-3-17(15-8-4-13(2)5-9-15)19-16-10-6-14(12-18)7-11-16/h6-7,10-11,13,15,17H,3-5,8-9H2,1-2H3. The molecule has 2 heteroatoms. The van der Waals surface area contributed by atoms with Crippen molar-refractivity contribution in [2.75, 3.05) is 0 Å². The third kappa shape index (κ3) is 3.73. The molecule has 1 aromatic carbocycles. The van der Waals surface area contributed by atoms with Crippen LogP contribution in [0.25, 0.3) is 0 Å². The summed E-state index contributed by atoms with van der Waals surface area (Å²) in [6, 6.07) is 9.60. The van der Waals surface area contributed by atoms with Crippen LogP contribution in [0.4, 0.5) is 0 Å². The summed E-state index contributed by atoms with van der Waals surface area (Å²) in [5, 5.41) is 8.79. The molecule has 102 valence electrons. The van der Waals surface area contributed by atoms with Gasteiger partial charge in [0.05, 0.1) is 11.6 Å². The van der Waals surface area contributed by atoms with Crippen LogP contribution in [0.5, 0.6) is 5.75 Å². The minimum Gasteiger partial charge on any atom is -0.490 e. The number of nitrogens with zero attached hydrogens (tertiary/aromatic N) is 1. The highest BCUT2D eigenvalue weighted by Gasteiger charge is 2.26. The smallest absolute Gasteiger partial charge is 0.119 e. The van der Waals surface area contributed by atoms with Gasteiger partial charge in [0.15, 0.2) is 0 Å². The minimum absolute atomic E-state index is 0.320. The minimum atomic E-state index is 0.320. The third-order valence-electron chi connectivity index (χ3n) is 4.26. The van der Waals surface area contributed by atoms with Gasteiger partial charge in [0.1, 0.15) is 11.9 Å². The van der Waals surface area contributed by atoms with Crippen molar-refractivity contribution in [1.82, 2.24) is 0 Å². The van der Waals surface area contributed by atoms with Gasteiger partial charge in [-0.1, -0.05) is 26.7 Å². The molecule has 1 unspecified atom stereocenters. The van der Waals surface area contributed by atoms with Gasteiger partial charge >= 0.3 is 0 Å². The number of nitriles is 1. The molecular weight excluding hydrogens is 234 g/mol. The summed E-state index contributed by atoms with van der Waals surface area (Å²) in [5.74, 6) is 2.46. The molecule has 1 aliphatic rings. The second-order valence-corrected chi connectivity index (χ2v) is 5.72. The Kier molecular flexibility index (Phi) is 4.85. The van der Waals surface area contributed by atoms with E-state index in [0.29, 0.717) is 17.6 Å². The summed E-state index contributed by atoms with van der Waals surface area (Å²) in [7, 11) is 0. The molecule has 0 spiro atoms. The first kappa shape index (κ1) is 13.9. The maximum atomic E-state index is 8.79. The summed E-state index contributed by atoms with van der Waals surface area (Å²) in [4.78, 5) is 0. The van der Waals surface area contributed by atoms with E-state index in [2.05, 4.69) is 19.9 Å². The van der Waals surface area contributed by atoms with Crippen LogP contribution in [-0.4, -0.2) is 6.10 Å². The molecule has 2 rings (SSSR count). The predicted molar refractivity (Wildman–Crippen MR) is 77.0 cm³/mol. The Morgan fingerprint density at radius 1 is 1.21 bits per heavy atom. The first-order valence-corrected chi connectivity index (χ1v) is 7.39. The molecule has 1 saturated carbocycles. The van der Waals surface area contributed by atoms with Crippen LogP contribution in [0.15, 0.2) is 24.3 Å². The SMILES string of the molecule is CCC(Oc1ccc(C#N)cc1)C1CCC(C)CC1. The molecule has 0 radical (unpaired) electrons. The fraction of sp³-hybridized carbons (Fsp3) is 0.588. The Balaban J connectivity index is 1.96. The van der Waals surface area contributed by atoms with Gasteiger partial charge in [0, 0.05) is 0 Å². The summed E-state index contributed by atoms with van der Waals surface area (Å²) >= 11 is 0. The van der Waals surface area contributed by atoms with Crippen molar-refractivity contribution in [3.05, 3.63) is 29.8 Å². The van der Waals surface area contributed by atoms with Crippen molar-refractivity contribution in [2.45, 2.75) is 52.1 Å². The van der Waals surface area contributed by atoms with Crippen LogP contribution in [0, 0.1) is 23.2 Å². The summed E-state index contributed by atoms with van der Waals surface area (Å²) in [5.41, 5.74) is 0.687. The van der Waals surface area contributed by atoms with Gasteiger partial charge in [-0.3, -0.25) is 0 Å². The molecule has 0 aromatic heterocycles. The molecule has 0 N–H and O–H groups in total. The summed E-state index contributed by atoms with van der Waals surface area (Å²) in [6.07, 6.45) is 6.61. The molecule has 0 amide bonds. The van der Waals surface area contributed by atoms with E-state index < -0.39 is 0 Å². The lowest BCUT2D eigenvalue weighted by molar-refractivity contribution is 0.0937. The zero-order valence-electron chi connectivity index (χ0n) is 11.9. The van der Waals surface area contributed by atoms with E-state index in [1.54, 1.807) is 0 Å². The Labute approximate surface area is 116 Å². The van der Waals surface area contributed by atoms with Crippen molar-refractivity contribution >= 4 is 0 Å². The monoisotopic (exact) mass is 257 g/mol. The first-order valence-electron chi connectivity index (χ1n) is 7.39. The largest absolute Gasteiger partial charge is 0.490 e. The second kappa shape index (κ2) is 6.61. The van der Waals surface area contributed by atoms with Crippen LogP contribution in [0.3, 0.4) is 0 Å². The number of benzene rings is 1. The summed E-state index contributed by atoms with van der Waals surface area (Å²) in [6.45, 7) is 4.55. The Hall–Kier alpha value is -1.49. The third-order valence-corrected chi connectivity index (χ3v) is 4.26. The molecule has 19 heavy (non-hydrogen) atoms. The number of hydrogen-bond donors (Lipinski definition) is 0. The van der Waals surface area contributed by atoms with Gasteiger partial charge in [-0.2, -0.15) is 5.26 Å². The normalized spacial score (nSPS) is 24.5. The van der Waals surface area contributed by atoms with Gasteiger partial charge in [0.25, 0.3) is 0 Å². The lowest BCUT2D eigenvalue weighted by Gasteiger charge is -2.32. The average Bonchev–Trinajstić information content (AvgIpc) is 2.46. The van der Waals surface area contributed by atoms with Crippen LogP contribution >= 0.6 is 0 Å². The molecule has 0 saturated heterocycles. The Morgan fingerprint density at radius 3 is 2.37 bits per heavy atom. The maximum absolute atomic E-state index is 8.79. The van der Waals surface area contributed by atoms with Crippen LogP contribution in [0.2, 0.25) is 0 Å². The van der Waals surface area contributed by atoms with Crippen LogP contribution in [0.1, 0.15) is 51.5 Å². The van der Waals surface area contributed by atoms with Gasteiger partial charge in [-0.15, -0.1) is 0 Å². The number of ether oxygens (including phenoxy) is 1. The molecule has 0 heterocycles. The molecule has 1 aliphatic carbocycles. The molecule has 1 aromatic rings. The lowest BCUT2D eigenvalue weighted by atomic mass is 9.79. The zero-order valence-corrected chi connectivity index (χ0v) is 11.9. The van der Waals surface area contributed by atoms with Crippen molar-refractivity contribution in [1.29, 1.82) is 5.26 Å². The van der Waals surface area contributed by atoms with Gasteiger partial charge in [-0.05, 0) is 55.4 Å². The molecular formula is C17H23NO. The van der Waals surface area contributed by atoms with Crippen molar-refractivity contribution in [3.8, 4) is 11.8 Å². The summed E-state index contributed by atoms with van der Waals surface area (Å²) < 4.78 is 6.13. The molecule has 1 fully saturated rings. The van der Waals surface area contributed by atoms with E-state index in [4.69, 9.17) is 10.00 Å². The van der Waals surface area contributed by atoms with E-state index in [1.165, 1.54) is 25.7 Å². The number of hydrogen-bond acceptors (Lipinski definition) is 2. The fourth-order valence-electron chi connectivity index (χ4n) is 2.95. The topological polar surface area (TPSA) is 33.0 Å². The van der Waals surface area contributed by atoms with Crippen LogP contribution < -0.4 is 4.74 Å². The van der Waals surface area contributed by atoms with E-state index in [1.807, 2.05) is 24.3 Å². The number of rotatable bonds is 4. The van der Waals surface area contributed by atoms with Crippen LogP contribution in [-0.2, 0) is 0 Å². The van der Waals surface area contributed by atoms with Crippen molar-refractivity contribution in [2.24, 2.45) is 11.8 Å². The maximum Gasteiger partial charge on any atom is 0.119 e. The molecule has 0 aliphatic heterocycles. The van der Waals surface area contributed by atoms with E-state index in [9.17, 15) is 0 Å². The predicted octanol–water partition coefficient (Wildman–Crippen LogP) is 4.54. The van der Waals surface area contributed by atoms with Crippen molar-refractivity contribution in [3.63, 3.8) is 0 Å². The van der Waals surface area contributed by atoms with E-state index in [0.717, 1.165) is 18.1 Å². The quantitative estimate of drug-likeness (QED) is 0.793. The zero-order chi connectivity index (χ0) is 13.7. The first-order chi connectivity index (χ1) is 9.22. The second-order valence-electron chi connectivity index (χ2n) is 5.72. The van der Waals surface area contributed by atoms with Gasteiger partial charge < -0.3 is 4.74 Å². The molecule has 1 atom stereocenters. The Morgan fingerprint density at radius 2 is 1.84 bits per heavy atom. The Bertz CT molecular complexity index is 424.